The fourth-order valence-corrected chi connectivity index (χ4v) is 2.97. The molecule has 8 heteroatoms. The number of sulfonamides is 1. The monoisotopic (exact) mass is 337 g/mol. The Labute approximate surface area is 133 Å². The number of hydrogen-bond donors (Lipinski definition) is 1. The number of halogens is 1. The van der Waals surface area contributed by atoms with Crippen LogP contribution in [0.15, 0.2) is 35.2 Å². The average molecular weight is 337 g/mol. The predicted molar refractivity (Wildman–Crippen MR) is 83.4 cm³/mol. The van der Waals surface area contributed by atoms with E-state index < -0.39 is 21.7 Å². The van der Waals surface area contributed by atoms with Gasteiger partial charge in [0, 0.05) is 24.4 Å². The molecule has 1 aromatic heterocycles. The molecule has 0 aliphatic heterocycles. The summed E-state index contributed by atoms with van der Waals surface area (Å²) in [5.74, 6) is -1.35. The summed E-state index contributed by atoms with van der Waals surface area (Å²) in [6, 6.07) is 4.20. The van der Waals surface area contributed by atoms with Crippen molar-refractivity contribution in [3.8, 4) is 0 Å². The summed E-state index contributed by atoms with van der Waals surface area (Å²) in [4.78, 5) is 11.6. The van der Waals surface area contributed by atoms with E-state index in [2.05, 4.69) is 5.10 Å². The fraction of sp³-hybridized carbons (Fsp3) is 0.200. The van der Waals surface area contributed by atoms with E-state index in [0.29, 0.717) is 0 Å². The van der Waals surface area contributed by atoms with Gasteiger partial charge in [0.25, 0.3) is 15.9 Å². The van der Waals surface area contributed by atoms with Crippen LogP contribution >= 0.6 is 0 Å². The second-order valence-corrected chi connectivity index (χ2v) is 6.65. The molecule has 2 rings (SSSR count). The summed E-state index contributed by atoms with van der Waals surface area (Å²) in [6.45, 7) is 3.63. The Morgan fingerprint density at radius 1 is 1.26 bits per heavy atom. The third kappa shape index (κ3) is 3.84. The smallest absolute Gasteiger partial charge is 0.264 e. The van der Waals surface area contributed by atoms with E-state index in [4.69, 9.17) is 0 Å². The van der Waals surface area contributed by atoms with Crippen molar-refractivity contribution in [2.24, 2.45) is 7.05 Å². The van der Waals surface area contributed by atoms with Gasteiger partial charge in [-0.2, -0.15) is 5.10 Å². The van der Waals surface area contributed by atoms with E-state index in [1.165, 1.54) is 6.08 Å². The first kappa shape index (κ1) is 16.9. The van der Waals surface area contributed by atoms with Crippen LogP contribution in [0.2, 0.25) is 0 Å². The van der Waals surface area contributed by atoms with Gasteiger partial charge in [0.15, 0.2) is 0 Å². The van der Waals surface area contributed by atoms with E-state index in [1.54, 1.807) is 18.7 Å². The molecule has 0 atom stereocenters. The number of nitrogens with one attached hydrogen (secondary N) is 1. The molecule has 1 aromatic carbocycles. The van der Waals surface area contributed by atoms with Crippen molar-refractivity contribution in [3.05, 3.63) is 53.1 Å². The van der Waals surface area contributed by atoms with Crippen molar-refractivity contribution in [1.82, 2.24) is 14.5 Å². The van der Waals surface area contributed by atoms with Gasteiger partial charge < -0.3 is 0 Å². The van der Waals surface area contributed by atoms with Gasteiger partial charge in [0.05, 0.1) is 10.6 Å². The predicted octanol–water partition coefficient (Wildman–Crippen LogP) is 1.69. The Bertz CT molecular complexity index is 868. The van der Waals surface area contributed by atoms with Gasteiger partial charge in [0.1, 0.15) is 5.82 Å². The quantitative estimate of drug-likeness (QED) is 0.861. The van der Waals surface area contributed by atoms with Crippen molar-refractivity contribution < 1.29 is 17.6 Å². The number of aryl methyl sites for hydroxylation is 2. The van der Waals surface area contributed by atoms with Crippen molar-refractivity contribution in [2.75, 3.05) is 0 Å². The molecule has 0 saturated carbocycles. The molecule has 0 radical (unpaired) electrons. The van der Waals surface area contributed by atoms with Gasteiger partial charge in [-0.25, -0.2) is 17.5 Å². The Balaban J connectivity index is 2.15. The Morgan fingerprint density at radius 3 is 2.39 bits per heavy atom. The summed E-state index contributed by atoms with van der Waals surface area (Å²) in [6.07, 6.45) is 2.63. The molecule has 0 unspecified atom stereocenters. The highest BCUT2D eigenvalue weighted by Gasteiger charge is 2.16. The molecule has 0 saturated heterocycles. The number of carbonyl (C=O) groups excluding carboxylic acids is 1. The number of aromatic nitrogens is 2. The van der Waals surface area contributed by atoms with Gasteiger partial charge in [-0.3, -0.25) is 9.48 Å². The number of carbonyl (C=O) groups is 1. The molecule has 0 spiro atoms. The van der Waals surface area contributed by atoms with Gasteiger partial charge in [0.2, 0.25) is 0 Å². The zero-order chi connectivity index (χ0) is 17.2. The maximum Gasteiger partial charge on any atom is 0.264 e. The maximum atomic E-state index is 12.8. The maximum absolute atomic E-state index is 12.8. The number of rotatable bonds is 4. The summed E-state index contributed by atoms with van der Waals surface area (Å²) in [5.41, 5.74) is 2.34. The van der Waals surface area contributed by atoms with Crippen LogP contribution in [-0.2, 0) is 21.9 Å². The van der Waals surface area contributed by atoms with E-state index >= 15 is 0 Å². The minimum absolute atomic E-state index is 0.186. The van der Waals surface area contributed by atoms with Crippen LogP contribution in [0, 0.1) is 19.7 Å². The molecule has 0 fully saturated rings. The highest BCUT2D eigenvalue weighted by Crippen LogP contribution is 2.14. The van der Waals surface area contributed by atoms with E-state index in [0.717, 1.165) is 47.3 Å². The molecule has 1 amide bonds. The Kier molecular flexibility index (Phi) is 4.65. The molecule has 0 aliphatic carbocycles. The molecular weight excluding hydrogens is 321 g/mol. The minimum atomic E-state index is -4.03. The number of amides is 1. The molecule has 122 valence electrons. The van der Waals surface area contributed by atoms with E-state index in [-0.39, 0.29) is 4.90 Å². The standard InChI is InChI=1S/C15H16FN3O3S/c1-10-14(11(2)19(3)17-10)8-9-15(20)18-23(21,22)13-6-4-12(16)5-7-13/h4-9H,1-3H3,(H,18,20)/b9-8-. The summed E-state index contributed by atoms with van der Waals surface area (Å²) in [7, 11) is -2.26. The second-order valence-electron chi connectivity index (χ2n) is 4.97. The Hall–Kier alpha value is -2.48. The van der Waals surface area contributed by atoms with Crippen molar-refractivity contribution in [1.29, 1.82) is 0 Å². The first-order valence-electron chi connectivity index (χ1n) is 6.71. The van der Waals surface area contributed by atoms with Crippen LogP contribution < -0.4 is 4.72 Å². The lowest BCUT2D eigenvalue weighted by Gasteiger charge is -2.04. The molecule has 6 nitrogen and oxygen atoms in total. The molecule has 2 aromatic rings. The number of benzene rings is 1. The first-order valence-corrected chi connectivity index (χ1v) is 8.19. The van der Waals surface area contributed by atoms with Gasteiger partial charge in [-0.1, -0.05) is 0 Å². The number of hydrogen-bond acceptors (Lipinski definition) is 4. The minimum Gasteiger partial charge on any atom is -0.272 e. The van der Waals surface area contributed by atoms with Gasteiger partial charge >= 0.3 is 0 Å². The second kappa shape index (κ2) is 6.33. The topological polar surface area (TPSA) is 81.1 Å². The lowest BCUT2D eigenvalue weighted by molar-refractivity contribution is -0.114. The largest absolute Gasteiger partial charge is 0.272 e. The van der Waals surface area contributed by atoms with Crippen LogP contribution in [0.25, 0.3) is 6.08 Å². The van der Waals surface area contributed by atoms with Crippen LogP contribution in [0.1, 0.15) is 17.0 Å². The van der Waals surface area contributed by atoms with Crippen LogP contribution in [0.4, 0.5) is 4.39 Å². The lowest BCUT2D eigenvalue weighted by Crippen LogP contribution is -2.28. The zero-order valence-electron chi connectivity index (χ0n) is 12.9. The molecular formula is C15H16FN3O3S. The fourth-order valence-electron chi connectivity index (χ4n) is 2.03. The summed E-state index contributed by atoms with van der Waals surface area (Å²) < 4.78 is 40.4. The lowest BCUT2D eigenvalue weighted by atomic mass is 10.2. The average Bonchev–Trinajstić information content (AvgIpc) is 2.70. The first-order chi connectivity index (χ1) is 10.7. The number of nitrogens with zero attached hydrogens (tertiary/aromatic N) is 2. The zero-order valence-corrected chi connectivity index (χ0v) is 13.7. The van der Waals surface area contributed by atoms with E-state index in [9.17, 15) is 17.6 Å². The van der Waals surface area contributed by atoms with Gasteiger partial charge in [-0.15, -0.1) is 0 Å². The summed E-state index contributed by atoms with van der Waals surface area (Å²) in [5, 5.41) is 4.20. The normalized spacial score (nSPS) is 11.8. The Morgan fingerprint density at radius 2 is 1.87 bits per heavy atom. The highest BCUT2D eigenvalue weighted by molar-refractivity contribution is 7.90. The highest BCUT2D eigenvalue weighted by atomic mass is 32.2. The van der Waals surface area contributed by atoms with Gasteiger partial charge in [-0.05, 0) is 44.2 Å². The third-order valence-corrected chi connectivity index (χ3v) is 4.69. The van der Waals surface area contributed by atoms with Crippen LogP contribution in [0.3, 0.4) is 0 Å². The van der Waals surface area contributed by atoms with Crippen LogP contribution in [-0.4, -0.2) is 24.1 Å². The molecule has 23 heavy (non-hydrogen) atoms. The SMILES string of the molecule is Cc1nn(C)c(C)c1/C=C\C(=O)NS(=O)(=O)c1ccc(F)cc1. The molecule has 0 bridgehead atoms. The van der Waals surface area contributed by atoms with Crippen molar-refractivity contribution in [3.63, 3.8) is 0 Å². The van der Waals surface area contributed by atoms with E-state index in [1.807, 2.05) is 11.6 Å². The summed E-state index contributed by atoms with van der Waals surface area (Å²) >= 11 is 0. The van der Waals surface area contributed by atoms with Crippen molar-refractivity contribution in [2.45, 2.75) is 18.7 Å². The molecule has 1 heterocycles. The third-order valence-electron chi connectivity index (χ3n) is 3.33. The van der Waals surface area contributed by atoms with Crippen molar-refractivity contribution >= 4 is 22.0 Å². The van der Waals surface area contributed by atoms with Crippen LogP contribution in [0.5, 0.6) is 0 Å². The molecule has 1 N–H and O–H groups in total. The molecule has 0 aliphatic rings.